The molecule has 4 bridgehead atoms. The zero-order valence-electron chi connectivity index (χ0n) is 13.1. The Balaban J connectivity index is 1.36. The lowest BCUT2D eigenvalue weighted by molar-refractivity contribution is -0.163. The third-order valence-electron chi connectivity index (χ3n) is 6.58. The van der Waals surface area contributed by atoms with E-state index in [-0.39, 0.29) is 17.9 Å². The number of hydrogen-bond donors (Lipinski definition) is 1. The van der Waals surface area contributed by atoms with Crippen LogP contribution in [0, 0.1) is 29.6 Å². The van der Waals surface area contributed by atoms with Gasteiger partial charge in [-0.05, 0) is 68.6 Å². The van der Waals surface area contributed by atoms with Crippen LogP contribution in [0.3, 0.4) is 0 Å². The van der Waals surface area contributed by atoms with E-state index in [4.69, 9.17) is 10.5 Å². The highest BCUT2D eigenvalue weighted by atomic mass is 16.5. The number of carbonyl (C=O) groups excluding carboxylic acids is 2. The number of esters is 1. The first-order valence-electron chi connectivity index (χ1n) is 8.84. The van der Waals surface area contributed by atoms with E-state index < -0.39 is 6.03 Å². The van der Waals surface area contributed by atoms with E-state index in [0.29, 0.717) is 25.0 Å². The second kappa shape index (κ2) is 5.43. The molecule has 0 aromatic heterocycles. The topological polar surface area (TPSA) is 72.6 Å². The molecular weight excluding hydrogens is 280 g/mol. The third-order valence-corrected chi connectivity index (χ3v) is 6.58. The van der Waals surface area contributed by atoms with E-state index in [1.54, 1.807) is 4.90 Å². The van der Waals surface area contributed by atoms with Crippen molar-refractivity contribution in [3.8, 4) is 0 Å². The SMILES string of the molecule is NC(=O)N1CCCC1COC(=O)C1C2CC3CC(C2)CC1C3. The average molecular weight is 306 g/mol. The monoisotopic (exact) mass is 306 g/mol. The summed E-state index contributed by atoms with van der Waals surface area (Å²) in [6, 6.07) is -0.411. The number of ether oxygens (including phenoxy) is 1. The van der Waals surface area contributed by atoms with Crippen LogP contribution in [0.4, 0.5) is 4.79 Å². The van der Waals surface area contributed by atoms with Gasteiger partial charge in [-0.3, -0.25) is 4.79 Å². The van der Waals surface area contributed by atoms with Gasteiger partial charge in [0.2, 0.25) is 0 Å². The molecule has 5 heteroatoms. The molecule has 122 valence electrons. The molecule has 0 aromatic carbocycles. The molecule has 1 heterocycles. The standard InChI is InChI=1S/C17H26N2O3/c18-17(21)19-3-1-2-14(19)9-22-16(20)15-12-5-10-4-11(7-12)8-13(15)6-10/h10-15H,1-9H2,(H2,18,21). The quantitative estimate of drug-likeness (QED) is 0.812. The Kier molecular flexibility index (Phi) is 3.54. The summed E-state index contributed by atoms with van der Waals surface area (Å²) in [6.45, 7) is 1.01. The van der Waals surface area contributed by atoms with Crippen molar-refractivity contribution in [2.24, 2.45) is 35.3 Å². The van der Waals surface area contributed by atoms with Crippen LogP contribution in [0.2, 0.25) is 0 Å². The maximum Gasteiger partial charge on any atom is 0.315 e. The van der Waals surface area contributed by atoms with Crippen molar-refractivity contribution in [2.75, 3.05) is 13.2 Å². The third kappa shape index (κ3) is 2.38. The maximum absolute atomic E-state index is 12.6. The van der Waals surface area contributed by atoms with Crippen LogP contribution in [0.1, 0.15) is 44.9 Å². The molecule has 1 atom stereocenters. The molecule has 2 amide bonds. The number of nitrogens with zero attached hydrogens (tertiary/aromatic N) is 1. The first-order valence-corrected chi connectivity index (χ1v) is 8.84. The molecule has 5 rings (SSSR count). The van der Waals surface area contributed by atoms with Gasteiger partial charge in [0.1, 0.15) is 6.61 Å². The number of primary amides is 1. The highest BCUT2D eigenvalue weighted by Crippen LogP contribution is 2.56. The van der Waals surface area contributed by atoms with Gasteiger partial charge >= 0.3 is 12.0 Å². The summed E-state index contributed by atoms with van der Waals surface area (Å²) in [7, 11) is 0. The number of nitrogens with two attached hydrogens (primary N) is 1. The van der Waals surface area contributed by atoms with Crippen molar-refractivity contribution < 1.29 is 14.3 Å². The van der Waals surface area contributed by atoms with E-state index in [9.17, 15) is 9.59 Å². The minimum atomic E-state index is -0.395. The largest absolute Gasteiger partial charge is 0.463 e. The summed E-state index contributed by atoms with van der Waals surface area (Å²) in [5, 5.41) is 0. The molecule has 0 aromatic rings. The van der Waals surface area contributed by atoms with Crippen molar-refractivity contribution in [1.29, 1.82) is 0 Å². The molecule has 4 aliphatic carbocycles. The van der Waals surface area contributed by atoms with E-state index in [2.05, 4.69) is 0 Å². The number of amides is 2. The second-order valence-electron chi connectivity index (χ2n) is 7.91. The van der Waals surface area contributed by atoms with Crippen molar-refractivity contribution >= 4 is 12.0 Å². The van der Waals surface area contributed by atoms with E-state index in [1.807, 2.05) is 0 Å². The van der Waals surface area contributed by atoms with Crippen LogP contribution in [-0.4, -0.2) is 36.1 Å². The molecule has 5 aliphatic rings. The first-order chi connectivity index (χ1) is 10.6. The number of likely N-dealkylation sites (tertiary alicyclic amines) is 1. The fourth-order valence-electron chi connectivity index (χ4n) is 5.88. The Labute approximate surface area is 131 Å². The zero-order valence-corrected chi connectivity index (χ0v) is 13.1. The summed E-state index contributed by atoms with van der Waals surface area (Å²) in [4.78, 5) is 25.6. The molecule has 0 spiro atoms. The Hall–Kier alpha value is -1.26. The fraction of sp³-hybridized carbons (Fsp3) is 0.882. The fourth-order valence-corrected chi connectivity index (χ4v) is 5.88. The zero-order chi connectivity index (χ0) is 15.3. The molecule has 1 aliphatic heterocycles. The van der Waals surface area contributed by atoms with Gasteiger partial charge in [-0.15, -0.1) is 0 Å². The average Bonchev–Trinajstić information content (AvgIpc) is 2.92. The Bertz CT molecular complexity index is 451. The van der Waals surface area contributed by atoms with Crippen molar-refractivity contribution in [3.05, 3.63) is 0 Å². The van der Waals surface area contributed by atoms with Crippen molar-refractivity contribution in [2.45, 2.75) is 51.0 Å². The Morgan fingerprint density at radius 3 is 2.27 bits per heavy atom. The number of hydrogen-bond acceptors (Lipinski definition) is 3. The molecule has 4 saturated carbocycles. The van der Waals surface area contributed by atoms with Gasteiger partial charge in [0.15, 0.2) is 0 Å². The second-order valence-corrected chi connectivity index (χ2v) is 7.91. The number of carbonyl (C=O) groups is 2. The summed E-state index contributed by atoms with van der Waals surface area (Å²) < 4.78 is 5.64. The molecule has 0 radical (unpaired) electrons. The summed E-state index contributed by atoms with van der Waals surface area (Å²) in [6.07, 6.45) is 8.13. The van der Waals surface area contributed by atoms with Crippen LogP contribution in [0.15, 0.2) is 0 Å². The van der Waals surface area contributed by atoms with Gasteiger partial charge in [-0.1, -0.05) is 0 Å². The first kappa shape index (κ1) is 14.3. The summed E-state index contributed by atoms with van der Waals surface area (Å²) >= 11 is 0. The van der Waals surface area contributed by atoms with E-state index >= 15 is 0 Å². The van der Waals surface area contributed by atoms with Crippen molar-refractivity contribution in [1.82, 2.24) is 4.90 Å². The van der Waals surface area contributed by atoms with Crippen LogP contribution < -0.4 is 5.73 Å². The molecule has 5 fully saturated rings. The highest BCUT2D eigenvalue weighted by Gasteiger charge is 2.51. The normalized spacial score (nSPS) is 42.6. The van der Waals surface area contributed by atoms with Gasteiger partial charge in [0.05, 0.1) is 12.0 Å². The van der Waals surface area contributed by atoms with Gasteiger partial charge in [-0.25, -0.2) is 4.79 Å². The minimum Gasteiger partial charge on any atom is -0.463 e. The summed E-state index contributed by atoms with van der Waals surface area (Å²) in [5.74, 6) is 2.96. The van der Waals surface area contributed by atoms with Crippen LogP contribution >= 0.6 is 0 Å². The van der Waals surface area contributed by atoms with Crippen LogP contribution in [0.25, 0.3) is 0 Å². The lowest BCUT2D eigenvalue weighted by Gasteiger charge is -2.53. The van der Waals surface area contributed by atoms with Crippen LogP contribution in [0.5, 0.6) is 0 Å². The number of urea groups is 1. The molecule has 1 saturated heterocycles. The Morgan fingerprint density at radius 2 is 1.68 bits per heavy atom. The lowest BCUT2D eigenvalue weighted by Crippen LogP contribution is -2.49. The molecule has 22 heavy (non-hydrogen) atoms. The smallest absolute Gasteiger partial charge is 0.315 e. The number of rotatable bonds is 3. The maximum atomic E-state index is 12.6. The lowest BCUT2D eigenvalue weighted by atomic mass is 9.52. The van der Waals surface area contributed by atoms with Gasteiger partial charge in [-0.2, -0.15) is 0 Å². The van der Waals surface area contributed by atoms with Crippen LogP contribution in [-0.2, 0) is 9.53 Å². The Morgan fingerprint density at radius 1 is 1.05 bits per heavy atom. The predicted molar refractivity (Wildman–Crippen MR) is 80.8 cm³/mol. The predicted octanol–water partition coefficient (Wildman–Crippen LogP) is 2.14. The highest BCUT2D eigenvalue weighted by molar-refractivity contribution is 5.74. The molecule has 1 unspecified atom stereocenters. The van der Waals surface area contributed by atoms with E-state index in [1.165, 1.54) is 32.1 Å². The van der Waals surface area contributed by atoms with Gasteiger partial charge in [0, 0.05) is 6.54 Å². The van der Waals surface area contributed by atoms with Gasteiger partial charge in [0.25, 0.3) is 0 Å². The van der Waals surface area contributed by atoms with Gasteiger partial charge < -0.3 is 15.4 Å². The molecule has 2 N–H and O–H groups in total. The van der Waals surface area contributed by atoms with Crippen molar-refractivity contribution in [3.63, 3.8) is 0 Å². The summed E-state index contributed by atoms with van der Waals surface area (Å²) in [5.41, 5.74) is 5.38. The molecular formula is C17H26N2O3. The minimum absolute atomic E-state index is 0.00915. The molecule has 5 nitrogen and oxygen atoms in total. The van der Waals surface area contributed by atoms with E-state index in [0.717, 1.165) is 24.7 Å².